The van der Waals surface area contributed by atoms with E-state index >= 15 is 0 Å². The smallest absolute Gasteiger partial charge is 0.129 e. The van der Waals surface area contributed by atoms with Gasteiger partial charge in [-0.15, -0.1) is 0 Å². The van der Waals surface area contributed by atoms with E-state index in [1.165, 1.54) is 159 Å². The lowest BCUT2D eigenvalue weighted by atomic mass is 9.68. The number of rotatable bonds is 6. The van der Waals surface area contributed by atoms with Crippen LogP contribution in [0.5, 0.6) is 0 Å². The van der Waals surface area contributed by atoms with Crippen LogP contribution in [0, 0.1) is 91.5 Å². The number of halogens is 3. The van der Waals surface area contributed by atoms with Crippen LogP contribution in [0.25, 0.3) is 0 Å². The van der Waals surface area contributed by atoms with Crippen molar-refractivity contribution in [3.63, 3.8) is 0 Å². The average Bonchev–Trinajstić information content (AvgIpc) is 3.31. The Morgan fingerprint density at radius 2 is 0.603 bits per heavy atom. The summed E-state index contributed by atoms with van der Waals surface area (Å²) in [6, 6.07) is 18.3. The molecule has 0 unspecified atom stereocenters. The fraction of sp³-hybridized carbons (Fsp3) is 0.700. The van der Waals surface area contributed by atoms with Gasteiger partial charge in [-0.3, -0.25) is 0 Å². The molecule has 3 aromatic carbocycles. The summed E-state index contributed by atoms with van der Waals surface area (Å²) in [5, 5.41) is 0. The van der Waals surface area contributed by atoms with Crippen LogP contribution in [0.2, 0.25) is 0 Å². The van der Waals surface area contributed by atoms with E-state index in [9.17, 15) is 13.2 Å². The van der Waals surface area contributed by atoms with Crippen molar-refractivity contribution in [2.75, 3.05) is 0 Å². The van der Waals surface area contributed by atoms with Gasteiger partial charge in [-0.2, -0.15) is 0 Å². The fourth-order valence-electron chi connectivity index (χ4n) is 13.6. The van der Waals surface area contributed by atoms with E-state index in [0.717, 1.165) is 83.1 Å². The molecule has 348 valence electrons. The maximum Gasteiger partial charge on any atom is 0.129 e. The van der Waals surface area contributed by atoms with Gasteiger partial charge in [0, 0.05) is 5.56 Å². The molecule has 0 spiro atoms. The summed E-state index contributed by atoms with van der Waals surface area (Å²) in [5.74, 6) is 9.63. The first-order chi connectivity index (χ1) is 30.4. The maximum absolute atomic E-state index is 13.8. The van der Waals surface area contributed by atoms with Gasteiger partial charge in [0.05, 0.1) is 0 Å². The van der Waals surface area contributed by atoms with Crippen LogP contribution < -0.4 is 0 Å². The zero-order valence-corrected chi connectivity index (χ0v) is 40.7. The summed E-state index contributed by atoms with van der Waals surface area (Å²) in [7, 11) is 0. The van der Waals surface area contributed by atoms with Crippen LogP contribution in [0.15, 0.2) is 54.6 Å². The van der Waals surface area contributed by atoms with Crippen LogP contribution in [-0.4, -0.2) is 0 Å². The van der Waals surface area contributed by atoms with Crippen LogP contribution in [0.3, 0.4) is 0 Å². The molecule has 6 aliphatic rings. The van der Waals surface area contributed by atoms with E-state index in [1.807, 2.05) is 13.0 Å². The molecular weight excluding hydrogens is 778 g/mol. The molecule has 3 aromatic rings. The third-order valence-electron chi connectivity index (χ3n) is 18.5. The molecule has 0 radical (unpaired) electrons. The van der Waals surface area contributed by atoms with Crippen LogP contribution >= 0.6 is 0 Å². The van der Waals surface area contributed by atoms with Crippen LogP contribution in [-0.2, 0) is 0 Å². The quantitative estimate of drug-likeness (QED) is 0.232. The Balaban J connectivity index is 0.000000142. The number of aryl methyl sites for hydroxylation is 2. The minimum absolute atomic E-state index is 0.0316. The highest BCUT2D eigenvalue weighted by Gasteiger charge is 2.33. The second kappa shape index (κ2) is 23.3. The molecule has 6 saturated carbocycles. The first kappa shape index (κ1) is 48.4. The molecule has 0 aliphatic heterocycles. The fourth-order valence-corrected chi connectivity index (χ4v) is 13.6. The zero-order chi connectivity index (χ0) is 44.5. The highest BCUT2D eigenvalue weighted by molar-refractivity contribution is 5.29. The molecule has 9 rings (SSSR count). The lowest BCUT2D eigenvalue weighted by Crippen LogP contribution is -2.24. The molecule has 0 amide bonds. The van der Waals surface area contributed by atoms with Gasteiger partial charge in [0.1, 0.15) is 17.5 Å². The molecule has 63 heavy (non-hydrogen) atoms. The Hall–Kier alpha value is -2.55. The Morgan fingerprint density at radius 1 is 0.317 bits per heavy atom. The summed E-state index contributed by atoms with van der Waals surface area (Å²) < 4.78 is 41.3. The molecule has 0 N–H and O–H groups in total. The highest BCUT2D eigenvalue weighted by Crippen LogP contribution is 2.47. The van der Waals surface area contributed by atoms with E-state index in [1.54, 1.807) is 23.8 Å². The lowest BCUT2D eigenvalue weighted by Gasteiger charge is -2.37. The Labute approximate surface area is 383 Å². The molecule has 3 heteroatoms. The van der Waals surface area contributed by atoms with Crippen molar-refractivity contribution in [2.24, 2.45) is 53.3 Å². The molecule has 0 atom stereocenters. The van der Waals surface area contributed by atoms with E-state index in [0.29, 0.717) is 11.8 Å². The Morgan fingerprint density at radius 3 is 0.952 bits per heavy atom. The summed E-state index contributed by atoms with van der Waals surface area (Å²) >= 11 is 0. The van der Waals surface area contributed by atoms with Gasteiger partial charge >= 0.3 is 0 Å². The predicted molar refractivity (Wildman–Crippen MR) is 261 cm³/mol. The predicted octanol–water partition coefficient (Wildman–Crippen LogP) is 18.7. The van der Waals surface area contributed by atoms with Crippen molar-refractivity contribution in [3.8, 4) is 0 Å². The molecule has 0 aromatic heterocycles. The number of benzene rings is 3. The Bertz CT molecular complexity index is 1770. The molecule has 0 nitrogen and oxygen atoms in total. The molecule has 0 bridgehead atoms. The minimum atomic E-state index is -0.390. The van der Waals surface area contributed by atoms with Crippen molar-refractivity contribution in [1.82, 2.24) is 0 Å². The minimum Gasteiger partial charge on any atom is -0.207 e. The lowest BCUT2D eigenvalue weighted by molar-refractivity contribution is 0.165. The van der Waals surface area contributed by atoms with Crippen molar-refractivity contribution in [2.45, 2.75) is 213 Å². The molecule has 6 aliphatic carbocycles. The van der Waals surface area contributed by atoms with Crippen molar-refractivity contribution in [1.29, 1.82) is 0 Å². The largest absolute Gasteiger partial charge is 0.207 e. The van der Waals surface area contributed by atoms with E-state index in [4.69, 9.17) is 0 Å². The maximum atomic E-state index is 13.8. The standard InChI is InChI=1S/C20H28F2.C20H29F.C20H30/c1-13-3-5-15(6-4-13)16-7-9-17(10-8-16)18-11-19(21)14(2)20(22)12-18;1-14-3-6-16(7-4-14)17-9-11-18(12-10-17)19-8-5-15(2)20(21)13-19;1-15-3-7-17(8-4-15)19-11-13-20(14-12-19)18-9-5-16(2)6-10-18/h11-13,15-17H,3-10H2,1-2H3;5,8,13-14,16-18H,3-4,6-7,9-12H2,1-2H3;3-4,7-8,16,18-20H,5-6,9-14H2,1-2H3. The normalized spacial score (nSPS) is 33.9. The topological polar surface area (TPSA) is 0 Å². The van der Waals surface area contributed by atoms with Crippen molar-refractivity contribution in [3.05, 3.63) is 105 Å². The number of hydrogen-bond donors (Lipinski definition) is 0. The van der Waals surface area contributed by atoms with E-state index in [2.05, 4.69) is 58.0 Å². The van der Waals surface area contributed by atoms with Crippen molar-refractivity contribution < 1.29 is 13.2 Å². The van der Waals surface area contributed by atoms with Crippen LogP contribution in [0.1, 0.15) is 226 Å². The highest BCUT2D eigenvalue weighted by atomic mass is 19.1. The van der Waals surface area contributed by atoms with Gasteiger partial charge in [-0.05, 0) is 248 Å². The van der Waals surface area contributed by atoms with Gasteiger partial charge < -0.3 is 0 Å². The van der Waals surface area contributed by atoms with Gasteiger partial charge in [-0.1, -0.05) is 101 Å². The second-order valence-electron chi connectivity index (χ2n) is 22.9. The number of hydrogen-bond acceptors (Lipinski definition) is 0. The SMILES string of the molecule is Cc1c(F)cc(C2CCC(C3CCC(C)CC3)CC2)cc1F.Cc1ccc(C2CCC(C3CCC(C)CC3)CC2)cc1.Cc1ccc(C2CCC(C3CCC(C)CC3)CC2)cc1F. The molecule has 0 heterocycles. The van der Waals surface area contributed by atoms with E-state index < -0.39 is 11.6 Å². The molecular formula is C60H87F3. The van der Waals surface area contributed by atoms with E-state index in [-0.39, 0.29) is 11.4 Å². The van der Waals surface area contributed by atoms with Gasteiger partial charge in [0.2, 0.25) is 0 Å². The first-order valence-electron chi connectivity index (χ1n) is 26.7. The van der Waals surface area contributed by atoms with Gasteiger partial charge in [0.25, 0.3) is 0 Å². The summed E-state index contributed by atoms with van der Waals surface area (Å²) in [6.45, 7) is 12.7. The summed E-state index contributed by atoms with van der Waals surface area (Å²) in [4.78, 5) is 0. The molecule has 0 saturated heterocycles. The van der Waals surface area contributed by atoms with Gasteiger partial charge in [-0.25, -0.2) is 13.2 Å². The average molecular weight is 865 g/mol. The summed E-state index contributed by atoms with van der Waals surface area (Å²) in [5.41, 5.74) is 5.99. The first-order valence-corrected chi connectivity index (χ1v) is 26.7. The monoisotopic (exact) mass is 865 g/mol. The van der Waals surface area contributed by atoms with Crippen molar-refractivity contribution >= 4 is 0 Å². The molecule has 6 fully saturated rings. The van der Waals surface area contributed by atoms with Crippen LogP contribution in [0.4, 0.5) is 13.2 Å². The van der Waals surface area contributed by atoms with Gasteiger partial charge in [0.15, 0.2) is 0 Å². The zero-order valence-electron chi connectivity index (χ0n) is 40.7. The Kier molecular flexibility index (Phi) is 17.9. The summed E-state index contributed by atoms with van der Waals surface area (Å²) in [6.07, 6.45) is 33.1. The third-order valence-corrected chi connectivity index (χ3v) is 18.5. The third kappa shape index (κ3) is 13.5. The second-order valence-corrected chi connectivity index (χ2v) is 22.9.